The normalized spacial score (nSPS) is 11.3. The van der Waals surface area contributed by atoms with E-state index >= 15 is 0 Å². The number of carbonyl (C=O) groups excluding carboxylic acids is 1. The van der Waals surface area contributed by atoms with E-state index in [0.717, 1.165) is 5.69 Å². The molecule has 0 fully saturated rings. The van der Waals surface area contributed by atoms with E-state index in [0.29, 0.717) is 0 Å². The number of aromatic nitrogens is 1. The molecule has 112 valence electrons. The van der Waals surface area contributed by atoms with Crippen molar-refractivity contribution in [3.05, 3.63) is 11.8 Å². The molecule has 0 aliphatic carbocycles. The van der Waals surface area contributed by atoms with Crippen LogP contribution < -0.4 is 5.32 Å². The molecule has 0 aromatic carbocycles. The average Bonchev–Trinajstić information content (AvgIpc) is 2.75. The Kier molecular flexibility index (Phi) is 5.69. The average molecular weight is 283 g/mol. The number of nitrogens with zero attached hydrogens (tertiary/aromatic N) is 2. The molecular weight excluding hydrogens is 262 g/mol. The van der Waals surface area contributed by atoms with E-state index in [1.165, 1.54) is 0 Å². The molecule has 0 saturated heterocycles. The number of rotatable bonds is 7. The van der Waals surface area contributed by atoms with Crippen LogP contribution in [0.25, 0.3) is 0 Å². The Morgan fingerprint density at radius 1 is 1.35 bits per heavy atom. The number of carboxylic acids is 1. The van der Waals surface area contributed by atoms with Crippen LogP contribution in [0, 0.1) is 0 Å². The van der Waals surface area contributed by atoms with Gasteiger partial charge in [0.2, 0.25) is 11.8 Å². The Bertz CT molecular complexity index is 468. The number of anilines is 1. The summed E-state index contributed by atoms with van der Waals surface area (Å²) in [5, 5.41) is 15.2. The van der Waals surface area contributed by atoms with Crippen molar-refractivity contribution in [1.29, 1.82) is 0 Å². The van der Waals surface area contributed by atoms with E-state index in [9.17, 15) is 9.59 Å². The Morgan fingerprint density at radius 3 is 2.45 bits per heavy atom. The molecular formula is C13H21N3O4. The fraction of sp³-hybridized carbons (Fsp3) is 0.615. The van der Waals surface area contributed by atoms with Crippen molar-refractivity contribution in [1.82, 2.24) is 10.1 Å². The second kappa shape index (κ2) is 7.04. The maximum absolute atomic E-state index is 11.9. The molecule has 1 amide bonds. The largest absolute Gasteiger partial charge is 0.480 e. The molecule has 7 nitrogen and oxygen atoms in total. The fourth-order valence-corrected chi connectivity index (χ4v) is 1.58. The van der Waals surface area contributed by atoms with E-state index in [2.05, 4.69) is 10.5 Å². The number of amides is 1. The van der Waals surface area contributed by atoms with Gasteiger partial charge in [0.25, 0.3) is 0 Å². The highest BCUT2D eigenvalue weighted by atomic mass is 16.5. The van der Waals surface area contributed by atoms with E-state index in [1.807, 2.05) is 27.7 Å². The minimum absolute atomic E-state index is 0.0122. The van der Waals surface area contributed by atoms with Crippen LogP contribution in [0.2, 0.25) is 0 Å². The van der Waals surface area contributed by atoms with Crippen molar-refractivity contribution in [2.75, 3.05) is 18.4 Å². The highest BCUT2D eigenvalue weighted by molar-refractivity contribution is 5.91. The molecule has 1 heterocycles. The summed E-state index contributed by atoms with van der Waals surface area (Å²) in [5.41, 5.74) is 0.756. The Labute approximate surface area is 117 Å². The minimum Gasteiger partial charge on any atom is -0.480 e. The summed E-state index contributed by atoms with van der Waals surface area (Å²) in [5.74, 6) is -0.805. The molecule has 1 aromatic heterocycles. The first kappa shape index (κ1) is 16.2. The van der Waals surface area contributed by atoms with Gasteiger partial charge in [0.1, 0.15) is 0 Å². The highest BCUT2D eigenvalue weighted by Crippen LogP contribution is 2.17. The third-order valence-corrected chi connectivity index (χ3v) is 2.80. The van der Waals surface area contributed by atoms with Crippen LogP contribution in [0.15, 0.2) is 10.6 Å². The quantitative estimate of drug-likeness (QED) is 0.788. The lowest BCUT2D eigenvalue weighted by Crippen LogP contribution is -2.41. The fourth-order valence-electron chi connectivity index (χ4n) is 1.58. The maximum atomic E-state index is 11.9. The minimum atomic E-state index is -0.965. The lowest BCUT2D eigenvalue weighted by Gasteiger charge is -2.23. The second-order valence-corrected chi connectivity index (χ2v) is 5.21. The zero-order chi connectivity index (χ0) is 15.3. The van der Waals surface area contributed by atoms with Crippen LogP contribution in [-0.2, 0) is 9.59 Å². The van der Waals surface area contributed by atoms with Crippen LogP contribution in [0.4, 0.5) is 5.88 Å². The smallest absolute Gasteiger partial charge is 0.317 e. The number of hydrogen-bond donors (Lipinski definition) is 2. The van der Waals surface area contributed by atoms with Gasteiger partial charge in [-0.3, -0.25) is 19.8 Å². The number of carboxylic acid groups (broad SMARTS) is 1. The number of hydrogen-bond acceptors (Lipinski definition) is 5. The summed E-state index contributed by atoms with van der Waals surface area (Å²) in [7, 11) is 0. The lowest BCUT2D eigenvalue weighted by atomic mass is 10.1. The van der Waals surface area contributed by atoms with Crippen LogP contribution in [0.3, 0.4) is 0 Å². The van der Waals surface area contributed by atoms with Gasteiger partial charge in [-0.15, -0.1) is 0 Å². The molecule has 0 unspecified atom stereocenters. The molecule has 20 heavy (non-hydrogen) atoms. The van der Waals surface area contributed by atoms with E-state index in [1.54, 1.807) is 11.0 Å². The standard InChI is InChI=1S/C13H21N3O4/c1-8(2)10-5-12(20-15-10)14-11(17)6-16(9(3)4)7-13(18)19/h5,8-9H,6-7H2,1-4H3,(H,14,17)(H,18,19). The van der Waals surface area contributed by atoms with E-state index in [-0.39, 0.29) is 36.8 Å². The molecule has 1 rings (SSSR count). The third-order valence-electron chi connectivity index (χ3n) is 2.80. The monoisotopic (exact) mass is 283 g/mol. The van der Waals surface area contributed by atoms with Gasteiger partial charge in [-0.2, -0.15) is 0 Å². The summed E-state index contributed by atoms with van der Waals surface area (Å²) in [6.07, 6.45) is 0. The van der Waals surface area contributed by atoms with Crippen molar-refractivity contribution >= 4 is 17.8 Å². The van der Waals surface area contributed by atoms with Gasteiger partial charge in [0.05, 0.1) is 18.8 Å². The van der Waals surface area contributed by atoms with Crippen LogP contribution >= 0.6 is 0 Å². The van der Waals surface area contributed by atoms with Gasteiger partial charge in [-0.25, -0.2) is 0 Å². The zero-order valence-electron chi connectivity index (χ0n) is 12.2. The van der Waals surface area contributed by atoms with Crippen molar-refractivity contribution in [2.24, 2.45) is 0 Å². The lowest BCUT2D eigenvalue weighted by molar-refractivity contribution is -0.139. The molecule has 2 N–H and O–H groups in total. The molecule has 7 heteroatoms. The van der Waals surface area contributed by atoms with Gasteiger partial charge in [-0.05, 0) is 19.8 Å². The first-order valence-electron chi connectivity index (χ1n) is 6.52. The van der Waals surface area contributed by atoms with Crippen molar-refractivity contribution in [2.45, 2.75) is 39.7 Å². The molecule has 0 atom stereocenters. The molecule has 0 aliphatic heterocycles. The number of carbonyl (C=O) groups is 2. The highest BCUT2D eigenvalue weighted by Gasteiger charge is 2.18. The van der Waals surface area contributed by atoms with Crippen LogP contribution in [0.1, 0.15) is 39.3 Å². The van der Waals surface area contributed by atoms with Gasteiger partial charge in [-0.1, -0.05) is 19.0 Å². The van der Waals surface area contributed by atoms with Gasteiger partial charge in [0, 0.05) is 12.1 Å². The molecule has 0 spiro atoms. The van der Waals surface area contributed by atoms with Crippen LogP contribution in [-0.4, -0.2) is 46.2 Å². The molecule has 0 saturated carbocycles. The summed E-state index contributed by atoms with van der Waals surface area (Å²) in [6, 6.07) is 1.62. The molecule has 0 bridgehead atoms. The van der Waals surface area contributed by atoms with Crippen molar-refractivity contribution in [3.8, 4) is 0 Å². The number of aliphatic carboxylic acids is 1. The van der Waals surface area contributed by atoms with Gasteiger partial charge >= 0.3 is 5.97 Å². The Hall–Kier alpha value is -1.89. The SMILES string of the molecule is CC(C)c1cc(NC(=O)CN(CC(=O)O)C(C)C)on1. The second-order valence-electron chi connectivity index (χ2n) is 5.21. The van der Waals surface area contributed by atoms with Gasteiger partial charge in [0.15, 0.2) is 0 Å². The predicted octanol–water partition coefficient (Wildman–Crippen LogP) is 1.53. The third kappa shape index (κ3) is 5.00. The molecule has 0 aliphatic rings. The van der Waals surface area contributed by atoms with E-state index in [4.69, 9.17) is 9.63 Å². The zero-order valence-corrected chi connectivity index (χ0v) is 12.2. The van der Waals surface area contributed by atoms with Crippen molar-refractivity contribution in [3.63, 3.8) is 0 Å². The van der Waals surface area contributed by atoms with Gasteiger partial charge < -0.3 is 9.63 Å². The number of nitrogens with one attached hydrogen (secondary N) is 1. The van der Waals surface area contributed by atoms with Crippen molar-refractivity contribution < 1.29 is 19.2 Å². The molecule has 0 radical (unpaired) electrons. The van der Waals surface area contributed by atoms with Crippen LogP contribution in [0.5, 0.6) is 0 Å². The maximum Gasteiger partial charge on any atom is 0.317 e. The summed E-state index contributed by atoms with van der Waals surface area (Å²) in [4.78, 5) is 24.1. The topological polar surface area (TPSA) is 95.7 Å². The first-order chi connectivity index (χ1) is 9.29. The predicted molar refractivity (Wildman–Crippen MR) is 73.6 cm³/mol. The van der Waals surface area contributed by atoms with E-state index < -0.39 is 5.97 Å². The first-order valence-corrected chi connectivity index (χ1v) is 6.52. The summed E-state index contributed by atoms with van der Waals surface area (Å²) in [6.45, 7) is 7.41. The Morgan fingerprint density at radius 2 is 2.00 bits per heavy atom. The summed E-state index contributed by atoms with van der Waals surface area (Å²) < 4.78 is 5.00. The summed E-state index contributed by atoms with van der Waals surface area (Å²) >= 11 is 0. The Balaban J connectivity index is 2.58. The molecule has 1 aromatic rings.